The Morgan fingerprint density at radius 3 is 2.61 bits per heavy atom. The Bertz CT molecular complexity index is 1530. The molecule has 5 rings (SSSR count). The molecule has 1 saturated heterocycles. The van der Waals surface area contributed by atoms with Gasteiger partial charge in [-0.15, -0.1) is 0 Å². The van der Waals surface area contributed by atoms with Crippen molar-refractivity contribution in [1.29, 1.82) is 0 Å². The van der Waals surface area contributed by atoms with Gasteiger partial charge in [0.05, 0.1) is 21.7 Å². The fourth-order valence-corrected chi connectivity index (χ4v) is 7.48. The van der Waals surface area contributed by atoms with E-state index in [1.807, 2.05) is 24.3 Å². The van der Waals surface area contributed by atoms with Gasteiger partial charge in [0.2, 0.25) is 10.0 Å². The largest absolute Gasteiger partial charge is 0.279 e. The van der Waals surface area contributed by atoms with E-state index in [2.05, 4.69) is 31.8 Å². The number of carbonyl (C=O) groups excluding carboxylic acids is 1. The maximum absolute atomic E-state index is 13.9. The Balaban J connectivity index is 1.48. The number of anilines is 1. The molecule has 0 N–H and O–H groups in total. The molecule has 0 radical (unpaired) electrons. The summed E-state index contributed by atoms with van der Waals surface area (Å²) in [7, 11) is -3.60. The van der Waals surface area contributed by atoms with E-state index in [4.69, 9.17) is 4.98 Å². The topological polar surface area (TPSA) is 83.5 Å². The Morgan fingerprint density at radius 1 is 1.13 bits per heavy atom. The highest BCUT2D eigenvalue weighted by Crippen LogP contribution is 2.35. The standard InChI is InChI=1S/C29H32N4O3S2/c1-20(2)25-9-4-10-26-27(25)31-29(37-26)33(19-22-8-5-15-30-17-22)28(34)23-11-13-24(14-12-23)38(35,36)32-16-6-7-21(3)18-32/h4-5,8-15,17,20-21H,6-7,16,18-19H2,1-3H3. The second-order valence-corrected chi connectivity index (χ2v) is 13.2. The highest BCUT2D eigenvalue weighted by atomic mass is 32.2. The zero-order chi connectivity index (χ0) is 26.9. The second-order valence-electron chi connectivity index (χ2n) is 10.2. The first-order valence-corrected chi connectivity index (χ1v) is 15.2. The third-order valence-corrected chi connectivity index (χ3v) is 9.88. The number of para-hydroxylation sites is 1. The molecule has 4 aromatic rings. The molecule has 1 unspecified atom stereocenters. The number of fused-ring (bicyclic) bond motifs is 1. The molecule has 1 amide bonds. The number of pyridine rings is 1. The third-order valence-electron chi connectivity index (χ3n) is 6.96. The molecule has 0 aliphatic carbocycles. The number of benzene rings is 2. The van der Waals surface area contributed by atoms with Gasteiger partial charge in [0.25, 0.3) is 5.91 Å². The van der Waals surface area contributed by atoms with Gasteiger partial charge in [-0.2, -0.15) is 4.31 Å². The maximum Gasteiger partial charge on any atom is 0.260 e. The summed E-state index contributed by atoms with van der Waals surface area (Å²) < 4.78 is 29.0. The lowest BCUT2D eigenvalue weighted by molar-refractivity contribution is 0.0985. The van der Waals surface area contributed by atoms with Gasteiger partial charge in [0, 0.05) is 31.0 Å². The predicted octanol–water partition coefficient (Wildman–Crippen LogP) is 6.08. The molecule has 7 nitrogen and oxygen atoms in total. The van der Waals surface area contributed by atoms with Gasteiger partial charge in [0.15, 0.2) is 5.13 Å². The number of sulfonamides is 1. The van der Waals surface area contributed by atoms with Crippen molar-refractivity contribution in [2.24, 2.45) is 5.92 Å². The Hall–Kier alpha value is -3.14. The van der Waals surface area contributed by atoms with Gasteiger partial charge in [-0.25, -0.2) is 13.4 Å². The Labute approximate surface area is 228 Å². The summed E-state index contributed by atoms with van der Waals surface area (Å²) in [4.78, 5) is 24.8. The number of rotatable bonds is 7. The molecule has 1 aliphatic rings. The Kier molecular flexibility index (Phi) is 7.61. The molecular weight excluding hydrogens is 516 g/mol. The maximum atomic E-state index is 13.9. The van der Waals surface area contributed by atoms with E-state index < -0.39 is 10.0 Å². The number of hydrogen-bond acceptors (Lipinski definition) is 6. The SMILES string of the molecule is CC1CCCN(S(=O)(=O)c2ccc(C(=O)N(Cc3cccnc3)c3nc4c(C(C)C)cccc4s3)cc2)C1. The molecular formula is C29H32N4O3S2. The normalized spacial score (nSPS) is 16.7. The van der Waals surface area contributed by atoms with Crippen LogP contribution in [0.1, 0.15) is 61.0 Å². The average Bonchev–Trinajstić information content (AvgIpc) is 3.36. The van der Waals surface area contributed by atoms with Crippen molar-refractivity contribution in [3.05, 3.63) is 83.7 Å². The fourth-order valence-electron chi connectivity index (χ4n) is 4.88. The van der Waals surface area contributed by atoms with E-state index >= 15 is 0 Å². The minimum absolute atomic E-state index is 0.212. The molecule has 0 saturated carbocycles. The number of nitrogens with zero attached hydrogens (tertiary/aromatic N) is 4. The summed E-state index contributed by atoms with van der Waals surface area (Å²) in [5.41, 5.74) is 3.33. The molecule has 1 fully saturated rings. The number of hydrogen-bond donors (Lipinski definition) is 0. The van der Waals surface area contributed by atoms with Crippen LogP contribution in [0.15, 0.2) is 71.9 Å². The first kappa shape index (κ1) is 26.5. The lowest BCUT2D eigenvalue weighted by Gasteiger charge is -2.30. The number of aromatic nitrogens is 2. The summed E-state index contributed by atoms with van der Waals surface area (Å²) in [5.74, 6) is 0.397. The van der Waals surface area contributed by atoms with Crippen LogP contribution < -0.4 is 4.90 Å². The summed E-state index contributed by atoms with van der Waals surface area (Å²) in [6.45, 7) is 7.70. The molecule has 0 bridgehead atoms. The van der Waals surface area contributed by atoms with Crippen molar-refractivity contribution in [3.8, 4) is 0 Å². The van der Waals surface area contributed by atoms with Gasteiger partial charge < -0.3 is 0 Å². The van der Waals surface area contributed by atoms with Crippen molar-refractivity contribution >= 4 is 42.6 Å². The highest BCUT2D eigenvalue weighted by molar-refractivity contribution is 7.89. The van der Waals surface area contributed by atoms with Crippen LogP contribution in [0.25, 0.3) is 10.2 Å². The smallest absolute Gasteiger partial charge is 0.260 e. The average molecular weight is 549 g/mol. The lowest BCUT2D eigenvalue weighted by atomic mass is 10.0. The summed E-state index contributed by atoms with van der Waals surface area (Å²) in [5, 5.41) is 0.598. The third kappa shape index (κ3) is 5.36. The minimum atomic E-state index is -3.60. The van der Waals surface area contributed by atoms with Crippen LogP contribution in [0.2, 0.25) is 0 Å². The Morgan fingerprint density at radius 2 is 1.92 bits per heavy atom. The van der Waals surface area contributed by atoms with E-state index in [0.29, 0.717) is 42.2 Å². The first-order valence-electron chi connectivity index (χ1n) is 12.9. The molecule has 2 aromatic heterocycles. The fraction of sp³-hybridized carbons (Fsp3) is 0.345. The monoisotopic (exact) mass is 548 g/mol. The number of amides is 1. The van der Waals surface area contributed by atoms with Gasteiger partial charge in [-0.1, -0.05) is 50.3 Å². The van der Waals surface area contributed by atoms with Gasteiger partial charge in [0.1, 0.15) is 0 Å². The zero-order valence-corrected chi connectivity index (χ0v) is 23.5. The van der Waals surface area contributed by atoms with Crippen molar-refractivity contribution in [1.82, 2.24) is 14.3 Å². The number of piperidine rings is 1. The minimum Gasteiger partial charge on any atom is -0.279 e. The molecule has 3 heterocycles. The summed E-state index contributed by atoms with van der Waals surface area (Å²) >= 11 is 1.48. The summed E-state index contributed by atoms with van der Waals surface area (Å²) in [6, 6.07) is 16.2. The van der Waals surface area contributed by atoms with Gasteiger partial charge in [-0.05, 0) is 72.2 Å². The molecule has 1 aliphatic heterocycles. The molecule has 0 spiro atoms. The second kappa shape index (κ2) is 10.9. The number of carbonyl (C=O) groups is 1. The quantitative estimate of drug-likeness (QED) is 0.279. The van der Waals surface area contributed by atoms with E-state index in [0.717, 1.165) is 34.2 Å². The molecule has 2 aromatic carbocycles. The molecule has 198 valence electrons. The summed E-state index contributed by atoms with van der Waals surface area (Å²) in [6.07, 6.45) is 5.34. The van der Waals surface area contributed by atoms with Crippen LogP contribution >= 0.6 is 11.3 Å². The van der Waals surface area contributed by atoms with E-state index in [9.17, 15) is 13.2 Å². The number of thiazole rings is 1. The van der Waals surface area contributed by atoms with Crippen LogP contribution in [0, 0.1) is 5.92 Å². The van der Waals surface area contributed by atoms with E-state index in [1.54, 1.807) is 45.9 Å². The first-order chi connectivity index (χ1) is 18.2. The highest BCUT2D eigenvalue weighted by Gasteiger charge is 2.29. The van der Waals surface area contributed by atoms with Crippen LogP contribution in [0.5, 0.6) is 0 Å². The van der Waals surface area contributed by atoms with Gasteiger partial charge in [-0.3, -0.25) is 14.7 Å². The predicted molar refractivity (Wildman–Crippen MR) is 152 cm³/mol. The molecule has 9 heteroatoms. The molecule has 1 atom stereocenters. The molecule has 38 heavy (non-hydrogen) atoms. The van der Waals surface area contributed by atoms with Gasteiger partial charge >= 0.3 is 0 Å². The zero-order valence-electron chi connectivity index (χ0n) is 21.9. The van der Waals surface area contributed by atoms with Crippen molar-refractivity contribution in [3.63, 3.8) is 0 Å². The van der Waals surface area contributed by atoms with Crippen molar-refractivity contribution in [2.75, 3.05) is 18.0 Å². The van der Waals surface area contributed by atoms with Crippen molar-refractivity contribution < 1.29 is 13.2 Å². The van der Waals surface area contributed by atoms with Crippen LogP contribution in [-0.2, 0) is 16.6 Å². The van der Waals surface area contributed by atoms with E-state index in [1.165, 1.54) is 11.3 Å². The lowest BCUT2D eigenvalue weighted by Crippen LogP contribution is -2.39. The van der Waals surface area contributed by atoms with Crippen LogP contribution in [-0.4, -0.2) is 41.7 Å². The van der Waals surface area contributed by atoms with Crippen molar-refractivity contribution in [2.45, 2.75) is 51.0 Å². The van der Waals surface area contributed by atoms with Crippen LogP contribution in [0.3, 0.4) is 0 Å². The van der Waals surface area contributed by atoms with E-state index in [-0.39, 0.29) is 10.8 Å². The van der Waals surface area contributed by atoms with Crippen LogP contribution in [0.4, 0.5) is 5.13 Å².